The normalized spacial score (nSPS) is 19.2. The van der Waals surface area contributed by atoms with Crippen LogP contribution in [0.15, 0.2) is 60.7 Å². The number of anilines is 2. The number of carbonyl (C=O) groups is 3. The largest absolute Gasteiger partial charge is 0.368 e. The number of fused-ring (bicyclic) bond motifs is 2. The lowest BCUT2D eigenvalue weighted by atomic mass is 9.82. The quantitative estimate of drug-likeness (QED) is 0.388. The van der Waals surface area contributed by atoms with Crippen molar-refractivity contribution in [3.63, 3.8) is 0 Å². The zero-order valence-corrected chi connectivity index (χ0v) is 25.0. The molecule has 2 aliphatic rings. The standard InChI is InChI=1S/C33H40N4O3.ClH/c1-22-17-18-24-13-7-8-14-25(24)26(22)20-37-29-16-10-9-15-28(29)36(30(38)19-23-11-5-4-6-12-23)21-27(31(37)39)33(2,35-3)32(34)40;/h7-10,13-18,23,27,35H,4-6,11-12,19-21H2,1-3H3,(H2,34,40);1H/t27-,33?;/m1./s1. The van der Waals surface area contributed by atoms with E-state index < -0.39 is 17.4 Å². The van der Waals surface area contributed by atoms with Crippen LogP contribution in [-0.2, 0) is 20.9 Å². The molecule has 1 aliphatic carbocycles. The molecule has 0 saturated heterocycles. The van der Waals surface area contributed by atoms with Crippen LogP contribution >= 0.6 is 12.4 Å². The van der Waals surface area contributed by atoms with E-state index >= 15 is 0 Å². The van der Waals surface area contributed by atoms with E-state index in [9.17, 15) is 14.4 Å². The van der Waals surface area contributed by atoms with E-state index in [4.69, 9.17) is 5.73 Å². The maximum atomic E-state index is 14.6. The first-order chi connectivity index (χ1) is 19.2. The van der Waals surface area contributed by atoms with Crippen molar-refractivity contribution in [2.75, 3.05) is 23.4 Å². The number of halogens is 1. The van der Waals surface area contributed by atoms with Gasteiger partial charge in [-0.05, 0) is 73.7 Å². The summed E-state index contributed by atoms with van der Waals surface area (Å²) in [6.45, 7) is 4.10. The number of primary amides is 1. The number of benzene rings is 3. The number of aryl methyl sites for hydroxylation is 1. The Labute approximate surface area is 248 Å². The van der Waals surface area contributed by atoms with Gasteiger partial charge in [-0.15, -0.1) is 12.4 Å². The first kappa shape index (κ1) is 30.5. The van der Waals surface area contributed by atoms with E-state index in [1.807, 2.05) is 36.4 Å². The van der Waals surface area contributed by atoms with E-state index in [0.717, 1.165) is 47.6 Å². The lowest BCUT2D eigenvalue weighted by Crippen LogP contribution is -2.63. The minimum atomic E-state index is -1.35. The van der Waals surface area contributed by atoms with Gasteiger partial charge in [-0.1, -0.05) is 67.8 Å². The van der Waals surface area contributed by atoms with E-state index in [2.05, 4.69) is 36.5 Å². The molecule has 2 atom stereocenters. The number of carbonyl (C=O) groups excluding carboxylic acids is 3. The summed E-state index contributed by atoms with van der Waals surface area (Å²) in [6.07, 6.45) is 6.04. The Balaban J connectivity index is 0.00000387. The second-order valence-corrected chi connectivity index (χ2v) is 11.6. The molecule has 41 heavy (non-hydrogen) atoms. The van der Waals surface area contributed by atoms with Crippen LogP contribution in [0.2, 0.25) is 0 Å². The first-order valence-electron chi connectivity index (χ1n) is 14.4. The number of nitrogens with two attached hydrogens (primary N) is 1. The van der Waals surface area contributed by atoms with E-state index in [1.54, 1.807) is 23.8 Å². The van der Waals surface area contributed by atoms with Gasteiger partial charge in [0.2, 0.25) is 17.7 Å². The zero-order valence-electron chi connectivity index (χ0n) is 24.2. The predicted molar refractivity (Wildman–Crippen MR) is 167 cm³/mol. The van der Waals surface area contributed by atoms with Crippen LogP contribution < -0.4 is 20.9 Å². The Kier molecular flexibility index (Phi) is 9.40. The SMILES string of the molecule is CNC(C)(C(N)=O)[C@@H]1CN(C(=O)CC2CCCCC2)c2ccccc2N(Cc2c(C)ccc3ccccc23)C1=O.Cl. The number of nitrogens with zero attached hydrogens (tertiary/aromatic N) is 2. The molecule has 3 N–H and O–H groups in total. The monoisotopic (exact) mass is 576 g/mol. The zero-order chi connectivity index (χ0) is 28.4. The third kappa shape index (κ3) is 5.84. The third-order valence-electron chi connectivity index (χ3n) is 9.20. The summed E-state index contributed by atoms with van der Waals surface area (Å²) in [5.41, 5.74) is 8.04. The highest BCUT2D eigenvalue weighted by atomic mass is 35.5. The lowest BCUT2D eigenvalue weighted by molar-refractivity contribution is -0.133. The fourth-order valence-corrected chi connectivity index (χ4v) is 6.45. The van der Waals surface area contributed by atoms with Crippen molar-refractivity contribution in [3.05, 3.63) is 71.8 Å². The number of rotatable bonds is 7. The average molecular weight is 577 g/mol. The number of amides is 3. The summed E-state index contributed by atoms with van der Waals surface area (Å²) >= 11 is 0. The van der Waals surface area contributed by atoms with Crippen LogP contribution in [0.1, 0.15) is 56.6 Å². The van der Waals surface area contributed by atoms with Gasteiger partial charge >= 0.3 is 0 Å². The molecule has 1 fully saturated rings. The molecule has 0 bridgehead atoms. The third-order valence-corrected chi connectivity index (χ3v) is 9.20. The van der Waals surface area contributed by atoms with E-state index in [0.29, 0.717) is 30.3 Å². The van der Waals surface area contributed by atoms with Gasteiger partial charge in [0, 0.05) is 13.0 Å². The molecule has 0 spiro atoms. The van der Waals surface area contributed by atoms with Gasteiger partial charge in [0.05, 0.1) is 23.8 Å². The molecule has 5 rings (SSSR count). The second-order valence-electron chi connectivity index (χ2n) is 11.6. The average Bonchev–Trinajstić information content (AvgIpc) is 3.09. The Morgan fingerprint density at radius 3 is 2.32 bits per heavy atom. The summed E-state index contributed by atoms with van der Waals surface area (Å²) in [6, 6.07) is 19.9. The molecular formula is C33H41ClN4O3. The number of nitrogens with one attached hydrogen (secondary N) is 1. The Morgan fingerprint density at radius 1 is 0.976 bits per heavy atom. The smallest absolute Gasteiger partial charge is 0.238 e. The fourth-order valence-electron chi connectivity index (χ4n) is 6.45. The maximum Gasteiger partial charge on any atom is 0.238 e. The van der Waals surface area contributed by atoms with Gasteiger partial charge in [-0.25, -0.2) is 0 Å². The molecule has 3 aromatic carbocycles. The molecule has 7 nitrogen and oxygen atoms in total. The molecule has 1 saturated carbocycles. The molecule has 1 heterocycles. The highest BCUT2D eigenvalue weighted by molar-refractivity contribution is 6.08. The Hall–Kier alpha value is -3.42. The van der Waals surface area contributed by atoms with Crippen molar-refractivity contribution < 1.29 is 14.4 Å². The number of hydrogen-bond acceptors (Lipinski definition) is 4. The second kappa shape index (κ2) is 12.6. The van der Waals surface area contributed by atoms with Crippen molar-refractivity contribution in [2.24, 2.45) is 17.6 Å². The number of likely N-dealkylation sites (N-methyl/N-ethyl adjacent to an activating group) is 1. The summed E-state index contributed by atoms with van der Waals surface area (Å²) in [7, 11) is 1.64. The van der Waals surface area contributed by atoms with Crippen molar-refractivity contribution in [2.45, 2.75) is 64.5 Å². The van der Waals surface area contributed by atoms with Crippen LogP contribution in [0.25, 0.3) is 10.8 Å². The minimum absolute atomic E-state index is 0. The minimum Gasteiger partial charge on any atom is -0.368 e. The van der Waals surface area contributed by atoms with Gasteiger partial charge in [-0.2, -0.15) is 0 Å². The molecule has 1 unspecified atom stereocenters. The van der Waals surface area contributed by atoms with Crippen molar-refractivity contribution >= 4 is 52.3 Å². The molecule has 0 radical (unpaired) electrons. The highest BCUT2D eigenvalue weighted by Gasteiger charge is 2.48. The molecule has 8 heteroatoms. The summed E-state index contributed by atoms with van der Waals surface area (Å²) < 4.78 is 0. The van der Waals surface area contributed by atoms with Crippen LogP contribution in [0.5, 0.6) is 0 Å². The summed E-state index contributed by atoms with van der Waals surface area (Å²) in [5.74, 6) is -1.41. The molecule has 3 amide bonds. The summed E-state index contributed by atoms with van der Waals surface area (Å²) in [4.78, 5) is 44.9. The van der Waals surface area contributed by atoms with Gasteiger partial charge in [0.25, 0.3) is 0 Å². The molecule has 0 aromatic heterocycles. The van der Waals surface area contributed by atoms with Gasteiger partial charge in [0.1, 0.15) is 5.54 Å². The van der Waals surface area contributed by atoms with Crippen LogP contribution in [0.3, 0.4) is 0 Å². The van der Waals surface area contributed by atoms with E-state index in [-0.39, 0.29) is 30.8 Å². The van der Waals surface area contributed by atoms with Gasteiger partial charge in [0.15, 0.2) is 0 Å². The highest BCUT2D eigenvalue weighted by Crippen LogP contribution is 2.40. The van der Waals surface area contributed by atoms with Crippen molar-refractivity contribution in [1.29, 1.82) is 0 Å². The number of para-hydroxylation sites is 2. The van der Waals surface area contributed by atoms with Crippen LogP contribution in [0.4, 0.5) is 11.4 Å². The van der Waals surface area contributed by atoms with Crippen LogP contribution in [0, 0.1) is 18.8 Å². The summed E-state index contributed by atoms with van der Waals surface area (Å²) in [5, 5.41) is 5.21. The van der Waals surface area contributed by atoms with E-state index in [1.165, 1.54) is 6.42 Å². The predicted octanol–water partition coefficient (Wildman–Crippen LogP) is 5.50. The Morgan fingerprint density at radius 2 is 1.63 bits per heavy atom. The van der Waals surface area contributed by atoms with Gasteiger partial charge < -0.3 is 20.9 Å². The van der Waals surface area contributed by atoms with Crippen LogP contribution in [-0.4, -0.2) is 36.9 Å². The molecule has 1 aliphatic heterocycles. The lowest BCUT2D eigenvalue weighted by Gasteiger charge is -2.36. The molecular weight excluding hydrogens is 536 g/mol. The van der Waals surface area contributed by atoms with Gasteiger partial charge in [-0.3, -0.25) is 14.4 Å². The number of hydrogen-bond donors (Lipinski definition) is 2. The molecule has 3 aromatic rings. The fraction of sp³-hybridized carbons (Fsp3) is 0.424. The first-order valence-corrected chi connectivity index (χ1v) is 14.4. The van der Waals surface area contributed by atoms with Crippen molar-refractivity contribution in [1.82, 2.24) is 5.32 Å². The molecule has 218 valence electrons. The Bertz CT molecular complexity index is 1440. The van der Waals surface area contributed by atoms with Crippen molar-refractivity contribution in [3.8, 4) is 0 Å². The maximum absolute atomic E-state index is 14.6. The topological polar surface area (TPSA) is 95.7 Å².